The molecule has 2 aromatic rings. The van der Waals surface area contributed by atoms with E-state index in [-0.39, 0.29) is 17.1 Å². The van der Waals surface area contributed by atoms with Crippen LogP contribution in [0.3, 0.4) is 0 Å². The number of rotatable bonds is 5. The van der Waals surface area contributed by atoms with Gasteiger partial charge in [-0.2, -0.15) is 0 Å². The monoisotopic (exact) mass is 378 g/mol. The molecule has 0 aromatic heterocycles. The summed E-state index contributed by atoms with van der Waals surface area (Å²) in [5.41, 5.74) is 3.14. The lowest BCUT2D eigenvalue weighted by Gasteiger charge is -2.45. The first kappa shape index (κ1) is 18.8. The second-order valence-electron chi connectivity index (χ2n) is 8.04. The first-order valence-corrected chi connectivity index (χ1v) is 10.3. The van der Waals surface area contributed by atoms with E-state index in [0.29, 0.717) is 0 Å². The van der Waals surface area contributed by atoms with Crippen LogP contribution in [0.4, 0.5) is 16.2 Å². The van der Waals surface area contributed by atoms with Crippen molar-refractivity contribution in [3.05, 3.63) is 60.2 Å². The van der Waals surface area contributed by atoms with E-state index in [4.69, 9.17) is 0 Å². The van der Waals surface area contributed by atoms with E-state index in [1.165, 1.54) is 5.56 Å². The number of urea groups is 1. The Kier molecular flexibility index (Phi) is 5.02. The molecular weight excluding hydrogens is 348 g/mol. The topological polar surface area (TPSA) is 56.4 Å². The minimum absolute atomic E-state index is 0.00227. The largest absolute Gasteiger partial charge is 0.386 e. The number of benzene rings is 2. The highest BCUT2D eigenvalue weighted by molar-refractivity contribution is 5.98. The standard InChI is InChI=1S/C23H30N4O/c1-3-25-23(18-9-5-4-6-10-18)15-13-22(14-16-23)17-27(21(28)26-22)20-12-8-7-11-19(20)24-2/h4-12,24-25H,3,13-17H2,1-2H3,(H,26,28). The number of carbonyl (C=O) groups is 1. The zero-order valence-corrected chi connectivity index (χ0v) is 16.8. The summed E-state index contributed by atoms with van der Waals surface area (Å²) in [6.07, 6.45) is 3.98. The van der Waals surface area contributed by atoms with Crippen LogP contribution >= 0.6 is 0 Å². The van der Waals surface area contributed by atoms with E-state index in [1.807, 2.05) is 36.2 Å². The third-order valence-electron chi connectivity index (χ3n) is 6.44. The van der Waals surface area contributed by atoms with Crippen molar-refractivity contribution < 1.29 is 4.79 Å². The summed E-state index contributed by atoms with van der Waals surface area (Å²) in [6, 6.07) is 18.8. The summed E-state index contributed by atoms with van der Waals surface area (Å²) in [5.74, 6) is 0. The molecule has 3 N–H and O–H groups in total. The number of nitrogens with one attached hydrogen (secondary N) is 3. The number of hydrogen-bond acceptors (Lipinski definition) is 3. The smallest absolute Gasteiger partial charge is 0.322 e. The van der Waals surface area contributed by atoms with Crippen molar-refractivity contribution in [3.8, 4) is 0 Å². The highest BCUT2D eigenvalue weighted by Crippen LogP contribution is 2.44. The van der Waals surface area contributed by atoms with Gasteiger partial charge in [0.05, 0.1) is 23.5 Å². The minimum Gasteiger partial charge on any atom is -0.386 e. The number of nitrogens with zero attached hydrogens (tertiary/aromatic N) is 1. The average Bonchev–Trinajstić information content (AvgIpc) is 3.06. The maximum absolute atomic E-state index is 12.8. The molecule has 0 unspecified atom stereocenters. The molecule has 4 rings (SSSR count). The van der Waals surface area contributed by atoms with Crippen molar-refractivity contribution >= 4 is 17.4 Å². The molecule has 2 amide bonds. The Hall–Kier alpha value is -2.53. The molecule has 0 radical (unpaired) electrons. The fourth-order valence-electron chi connectivity index (χ4n) is 4.92. The molecule has 2 aliphatic rings. The van der Waals surface area contributed by atoms with Crippen LogP contribution in [-0.2, 0) is 5.54 Å². The zero-order chi connectivity index (χ0) is 19.6. The van der Waals surface area contributed by atoms with Crippen molar-refractivity contribution in [2.24, 2.45) is 0 Å². The Balaban J connectivity index is 1.55. The predicted molar refractivity (Wildman–Crippen MR) is 115 cm³/mol. The lowest BCUT2D eigenvalue weighted by atomic mass is 9.69. The van der Waals surface area contributed by atoms with E-state index in [2.05, 4.69) is 53.2 Å². The second kappa shape index (κ2) is 7.47. The van der Waals surface area contributed by atoms with Crippen LogP contribution in [0.2, 0.25) is 0 Å². The molecule has 1 heterocycles. The zero-order valence-electron chi connectivity index (χ0n) is 16.8. The molecule has 5 nitrogen and oxygen atoms in total. The molecule has 1 aliphatic heterocycles. The quantitative estimate of drug-likeness (QED) is 0.735. The lowest BCUT2D eigenvalue weighted by molar-refractivity contribution is 0.161. The molecule has 1 spiro atoms. The lowest BCUT2D eigenvalue weighted by Crippen LogP contribution is -2.54. The van der Waals surface area contributed by atoms with E-state index in [0.717, 1.165) is 50.1 Å². The highest BCUT2D eigenvalue weighted by Gasteiger charge is 2.49. The van der Waals surface area contributed by atoms with Crippen LogP contribution in [0.15, 0.2) is 54.6 Å². The van der Waals surface area contributed by atoms with Crippen molar-refractivity contribution in [2.75, 3.05) is 30.4 Å². The molecule has 148 valence electrons. The number of amides is 2. The third-order valence-corrected chi connectivity index (χ3v) is 6.44. The van der Waals surface area contributed by atoms with Crippen molar-refractivity contribution in [1.29, 1.82) is 0 Å². The van der Waals surface area contributed by atoms with Gasteiger partial charge in [-0.3, -0.25) is 4.90 Å². The van der Waals surface area contributed by atoms with Gasteiger partial charge in [0, 0.05) is 12.6 Å². The van der Waals surface area contributed by atoms with Crippen molar-refractivity contribution in [2.45, 2.75) is 43.7 Å². The van der Waals surface area contributed by atoms with Gasteiger partial charge in [0.2, 0.25) is 0 Å². The number of hydrogen-bond donors (Lipinski definition) is 3. The molecule has 0 atom stereocenters. The van der Waals surface area contributed by atoms with Crippen LogP contribution < -0.4 is 20.9 Å². The van der Waals surface area contributed by atoms with Gasteiger partial charge >= 0.3 is 6.03 Å². The fourth-order valence-corrected chi connectivity index (χ4v) is 4.92. The van der Waals surface area contributed by atoms with Gasteiger partial charge in [0.15, 0.2) is 0 Å². The Bertz CT molecular complexity index is 828. The van der Waals surface area contributed by atoms with Gasteiger partial charge in [-0.05, 0) is 49.9 Å². The molecule has 2 aromatic carbocycles. The fraction of sp³-hybridized carbons (Fsp3) is 0.435. The van der Waals surface area contributed by atoms with Crippen molar-refractivity contribution in [1.82, 2.24) is 10.6 Å². The molecule has 28 heavy (non-hydrogen) atoms. The highest BCUT2D eigenvalue weighted by atomic mass is 16.2. The van der Waals surface area contributed by atoms with Gasteiger partial charge in [0.1, 0.15) is 0 Å². The van der Waals surface area contributed by atoms with Crippen molar-refractivity contribution in [3.63, 3.8) is 0 Å². The minimum atomic E-state index is -0.147. The normalized spacial score (nSPS) is 27.1. The third kappa shape index (κ3) is 3.24. The second-order valence-corrected chi connectivity index (χ2v) is 8.04. The van der Waals surface area contributed by atoms with Gasteiger partial charge < -0.3 is 16.0 Å². The average molecular weight is 379 g/mol. The summed E-state index contributed by atoms with van der Waals surface area (Å²) >= 11 is 0. The molecule has 2 fully saturated rings. The van der Waals surface area contributed by atoms with E-state index in [9.17, 15) is 4.79 Å². The Labute approximate surface area is 167 Å². The Morgan fingerprint density at radius 1 is 1.00 bits per heavy atom. The van der Waals surface area contributed by atoms with Crippen LogP contribution in [-0.4, -0.2) is 31.7 Å². The first-order chi connectivity index (χ1) is 13.6. The first-order valence-electron chi connectivity index (χ1n) is 10.3. The summed E-state index contributed by atoms with van der Waals surface area (Å²) < 4.78 is 0. The summed E-state index contributed by atoms with van der Waals surface area (Å²) in [6.45, 7) is 3.83. The molecule has 1 aliphatic carbocycles. The van der Waals surface area contributed by atoms with E-state index < -0.39 is 0 Å². The van der Waals surface area contributed by atoms with Gasteiger partial charge in [-0.1, -0.05) is 49.4 Å². The SMILES string of the molecule is CCNC1(c2ccccc2)CCC2(CC1)CN(c1ccccc1NC)C(=O)N2. The molecule has 1 saturated heterocycles. The molecule has 1 saturated carbocycles. The van der Waals surface area contributed by atoms with Gasteiger partial charge in [-0.25, -0.2) is 4.79 Å². The Morgan fingerprint density at radius 2 is 1.68 bits per heavy atom. The molecule has 5 heteroatoms. The molecular formula is C23H30N4O. The summed E-state index contributed by atoms with van der Waals surface area (Å²) in [4.78, 5) is 14.7. The van der Waals surface area contributed by atoms with Crippen LogP contribution in [0.1, 0.15) is 38.2 Å². The maximum Gasteiger partial charge on any atom is 0.322 e. The number of anilines is 2. The van der Waals surface area contributed by atoms with E-state index >= 15 is 0 Å². The van der Waals surface area contributed by atoms with Crippen LogP contribution in [0, 0.1) is 0 Å². The van der Waals surface area contributed by atoms with E-state index in [1.54, 1.807) is 0 Å². The molecule has 0 bridgehead atoms. The Morgan fingerprint density at radius 3 is 2.36 bits per heavy atom. The summed E-state index contributed by atoms with van der Waals surface area (Å²) in [7, 11) is 1.90. The maximum atomic E-state index is 12.8. The summed E-state index contributed by atoms with van der Waals surface area (Å²) in [5, 5.41) is 10.3. The number of para-hydroxylation sites is 2. The van der Waals surface area contributed by atoms with Gasteiger partial charge in [-0.15, -0.1) is 0 Å². The van der Waals surface area contributed by atoms with Crippen LogP contribution in [0.25, 0.3) is 0 Å². The number of carbonyl (C=O) groups excluding carboxylic acids is 1. The predicted octanol–water partition coefficient (Wildman–Crippen LogP) is 4.08. The van der Waals surface area contributed by atoms with Crippen LogP contribution in [0.5, 0.6) is 0 Å². The van der Waals surface area contributed by atoms with Gasteiger partial charge in [0.25, 0.3) is 0 Å².